The lowest BCUT2D eigenvalue weighted by Crippen LogP contribution is -2.45. The number of carbonyl (C=O) groups is 1. The number of aryl methyl sites for hydroxylation is 1. The Kier molecular flexibility index (Phi) is 4.81. The smallest absolute Gasteiger partial charge is 0.222 e. The normalized spacial score (nSPS) is 20.0. The van der Waals surface area contributed by atoms with Crippen LogP contribution in [0.15, 0.2) is 30.5 Å². The van der Waals surface area contributed by atoms with Crippen molar-refractivity contribution in [3.05, 3.63) is 30.5 Å². The molecule has 0 unspecified atom stereocenters. The van der Waals surface area contributed by atoms with Gasteiger partial charge in [-0.15, -0.1) is 0 Å². The van der Waals surface area contributed by atoms with Gasteiger partial charge in [0.15, 0.2) is 0 Å². The second kappa shape index (κ2) is 6.85. The van der Waals surface area contributed by atoms with Crippen LogP contribution in [0.1, 0.15) is 33.1 Å². The fraction of sp³-hybridized carbons (Fsp3) is 0.526. The number of nitrogens with zero attached hydrogens (tertiary/aromatic N) is 1. The Balaban J connectivity index is 1.56. The third-order valence-corrected chi connectivity index (χ3v) is 4.62. The minimum absolute atomic E-state index is 0.105. The van der Waals surface area contributed by atoms with Gasteiger partial charge < -0.3 is 19.4 Å². The molecule has 1 aromatic heterocycles. The summed E-state index contributed by atoms with van der Waals surface area (Å²) in [7, 11) is 1.67. The van der Waals surface area contributed by atoms with Gasteiger partial charge in [0.1, 0.15) is 5.75 Å². The minimum atomic E-state index is -0.147. The first-order valence-corrected chi connectivity index (χ1v) is 8.53. The molecule has 1 atom stereocenters. The number of aromatic nitrogens is 1. The minimum Gasteiger partial charge on any atom is -0.497 e. The number of methoxy groups -OCH3 is 1. The molecule has 1 N–H and O–H groups in total. The van der Waals surface area contributed by atoms with Crippen LogP contribution >= 0.6 is 0 Å². The molecule has 1 amide bonds. The first kappa shape index (κ1) is 16.8. The number of rotatable bonds is 5. The maximum Gasteiger partial charge on any atom is 0.222 e. The molecule has 1 saturated heterocycles. The van der Waals surface area contributed by atoms with E-state index in [1.807, 2.05) is 24.4 Å². The highest BCUT2D eigenvalue weighted by Gasteiger charge is 2.29. The summed E-state index contributed by atoms with van der Waals surface area (Å²) in [5.41, 5.74) is 0.974. The molecule has 1 aliphatic rings. The van der Waals surface area contributed by atoms with Gasteiger partial charge in [0.2, 0.25) is 5.91 Å². The fourth-order valence-electron chi connectivity index (χ4n) is 3.38. The number of ether oxygens (including phenoxy) is 2. The van der Waals surface area contributed by atoms with Crippen molar-refractivity contribution in [1.29, 1.82) is 0 Å². The van der Waals surface area contributed by atoms with Crippen LogP contribution in [0.2, 0.25) is 0 Å². The zero-order valence-electron chi connectivity index (χ0n) is 14.7. The van der Waals surface area contributed by atoms with Crippen molar-refractivity contribution in [3.63, 3.8) is 0 Å². The van der Waals surface area contributed by atoms with E-state index < -0.39 is 0 Å². The first-order chi connectivity index (χ1) is 11.5. The molecule has 0 aliphatic carbocycles. The van der Waals surface area contributed by atoms with E-state index in [1.165, 1.54) is 0 Å². The number of hydrogen-bond donors (Lipinski definition) is 1. The van der Waals surface area contributed by atoms with Crippen LogP contribution in [0.25, 0.3) is 10.9 Å². The van der Waals surface area contributed by atoms with E-state index in [9.17, 15) is 4.79 Å². The summed E-state index contributed by atoms with van der Waals surface area (Å²) in [5, 5.41) is 4.28. The van der Waals surface area contributed by atoms with Crippen LogP contribution in [0.4, 0.5) is 0 Å². The summed E-state index contributed by atoms with van der Waals surface area (Å²) in [6.07, 6.45) is 4.26. The predicted molar refractivity (Wildman–Crippen MR) is 94.3 cm³/mol. The highest BCUT2D eigenvalue weighted by Crippen LogP contribution is 2.24. The highest BCUT2D eigenvalue weighted by molar-refractivity contribution is 5.82. The zero-order valence-corrected chi connectivity index (χ0v) is 14.7. The van der Waals surface area contributed by atoms with Crippen LogP contribution in [-0.4, -0.2) is 35.8 Å². The molecule has 5 nitrogen and oxygen atoms in total. The third kappa shape index (κ3) is 3.90. The summed E-state index contributed by atoms with van der Waals surface area (Å²) < 4.78 is 13.1. The number of benzene rings is 1. The fourth-order valence-corrected chi connectivity index (χ4v) is 3.38. The average Bonchev–Trinajstić information content (AvgIpc) is 2.94. The molecule has 0 spiro atoms. The SMILES string of the molecule is COc1ccc2c(ccn2CCC(=O)N[C@@H]2CCOC(C)(C)C2)c1. The Bertz CT molecular complexity index is 720. The van der Waals surface area contributed by atoms with E-state index in [0.29, 0.717) is 19.6 Å². The second-order valence-electron chi connectivity index (χ2n) is 7.05. The van der Waals surface area contributed by atoms with Gasteiger partial charge in [-0.1, -0.05) is 0 Å². The van der Waals surface area contributed by atoms with E-state index in [2.05, 4.69) is 29.8 Å². The monoisotopic (exact) mass is 330 g/mol. The lowest BCUT2D eigenvalue weighted by Gasteiger charge is -2.35. The molecule has 5 heteroatoms. The van der Waals surface area contributed by atoms with Crippen LogP contribution in [0.5, 0.6) is 5.75 Å². The van der Waals surface area contributed by atoms with Crippen LogP contribution in [0.3, 0.4) is 0 Å². The Morgan fingerprint density at radius 3 is 3.00 bits per heavy atom. The van der Waals surface area contributed by atoms with E-state index in [1.54, 1.807) is 7.11 Å². The topological polar surface area (TPSA) is 52.5 Å². The first-order valence-electron chi connectivity index (χ1n) is 8.53. The maximum atomic E-state index is 12.3. The second-order valence-corrected chi connectivity index (χ2v) is 7.05. The molecular formula is C19H26N2O3. The number of amides is 1. The van der Waals surface area contributed by atoms with Gasteiger partial charge in [-0.2, -0.15) is 0 Å². The van der Waals surface area contributed by atoms with E-state index >= 15 is 0 Å². The molecular weight excluding hydrogens is 304 g/mol. The van der Waals surface area contributed by atoms with E-state index in [4.69, 9.17) is 9.47 Å². The molecule has 2 heterocycles. The van der Waals surface area contributed by atoms with Crippen molar-refractivity contribution in [1.82, 2.24) is 9.88 Å². The quantitative estimate of drug-likeness (QED) is 0.916. The van der Waals surface area contributed by atoms with Gasteiger partial charge in [0.05, 0.1) is 12.7 Å². The predicted octanol–water partition coefficient (Wildman–Crippen LogP) is 3.11. The van der Waals surface area contributed by atoms with Crippen molar-refractivity contribution in [2.24, 2.45) is 0 Å². The van der Waals surface area contributed by atoms with Gasteiger partial charge in [-0.25, -0.2) is 0 Å². The van der Waals surface area contributed by atoms with Crippen molar-refractivity contribution in [2.75, 3.05) is 13.7 Å². The summed E-state index contributed by atoms with van der Waals surface area (Å²) >= 11 is 0. The largest absolute Gasteiger partial charge is 0.497 e. The molecule has 1 aromatic carbocycles. The Morgan fingerprint density at radius 1 is 1.42 bits per heavy atom. The average molecular weight is 330 g/mol. The van der Waals surface area contributed by atoms with E-state index in [0.717, 1.165) is 29.5 Å². The van der Waals surface area contributed by atoms with Gasteiger partial charge in [0, 0.05) is 42.7 Å². The molecule has 2 aromatic rings. The lowest BCUT2D eigenvalue weighted by atomic mass is 9.94. The van der Waals surface area contributed by atoms with Gasteiger partial charge in [-0.3, -0.25) is 4.79 Å². The van der Waals surface area contributed by atoms with Crippen molar-refractivity contribution in [2.45, 2.75) is 51.3 Å². The summed E-state index contributed by atoms with van der Waals surface area (Å²) in [6, 6.07) is 8.26. The summed E-state index contributed by atoms with van der Waals surface area (Å²) in [5.74, 6) is 0.952. The van der Waals surface area contributed by atoms with Crippen LogP contribution in [0, 0.1) is 0 Å². The third-order valence-electron chi connectivity index (χ3n) is 4.62. The Morgan fingerprint density at radius 2 is 2.25 bits per heavy atom. The summed E-state index contributed by atoms with van der Waals surface area (Å²) in [4.78, 5) is 12.3. The van der Waals surface area contributed by atoms with Crippen LogP contribution in [-0.2, 0) is 16.1 Å². The molecule has 1 fully saturated rings. The van der Waals surface area contributed by atoms with Crippen molar-refractivity contribution in [3.8, 4) is 5.75 Å². The number of carbonyl (C=O) groups excluding carboxylic acids is 1. The molecule has 24 heavy (non-hydrogen) atoms. The van der Waals surface area contributed by atoms with Crippen molar-refractivity contribution < 1.29 is 14.3 Å². The zero-order chi connectivity index (χ0) is 17.2. The molecule has 0 bridgehead atoms. The highest BCUT2D eigenvalue weighted by atomic mass is 16.5. The Hall–Kier alpha value is -2.01. The number of hydrogen-bond acceptors (Lipinski definition) is 3. The number of nitrogens with one attached hydrogen (secondary N) is 1. The molecule has 130 valence electrons. The van der Waals surface area contributed by atoms with Gasteiger partial charge in [-0.05, 0) is 51.0 Å². The van der Waals surface area contributed by atoms with Gasteiger partial charge >= 0.3 is 0 Å². The number of fused-ring (bicyclic) bond motifs is 1. The summed E-state index contributed by atoms with van der Waals surface area (Å²) in [6.45, 7) is 5.54. The van der Waals surface area contributed by atoms with Gasteiger partial charge in [0.25, 0.3) is 0 Å². The molecule has 3 rings (SSSR count). The molecule has 1 aliphatic heterocycles. The lowest BCUT2D eigenvalue weighted by molar-refractivity contribution is -0.124. The molecule has 0 radical (unpaired) electrons. The van der Waals surface area contributed by atoms with Crippen molar-refractivity contribution >= 4 is 16.8 Å². The molecule has 0 saturated carbocycles. The Labute approximate surface area is 142 Å². The standard InChI is InChI=1S/C19H26N2O3/c1-19(2)13-15(8-11-24-19)20-18(22)7-10-21-9-6-14-12-16(23-3)4-5-17(14)21/h4-6,9,12,15H,7-8,10-11,13H2,1-3H3,(H,20,22)/t15-/m1/s1. The maximum absolute atomic E-state index is 12.3. The van der Waals surface area contributed by atoms with Crippen LogP contribution < -0.4 is 10.1 Å². The van der Waals surface area contributed by atoms with E-state index in [-0.39, 0.29) is 17.6 Å².